The van der Waals surface area contributed by atoms with Gasteiger partial charge in [-0.3, -0.25) is 9.59 Å². The number of carboxylic acid groups (broad SMARTS) is 1. The van der Waals surface area contributed by atoms with Crippen LogP contribution in [0.3, 0.4) is 0 Å². The fourth-order valence-corrected chi connectivity index (χ4v) is 3.04. The predicted molar refractivity (Wildman–Crippen MR) is 111 cm³/mol. The van der Waals surface area contributed by atoms with Crippen LogP contribution in [0.2, 0.25) is 0 Å². The Hall–Kier alpha value is -3.15. The van der Waals surface area contributed by atoms with Gasteiger partial charge in [0.25, 0.3) is 0 Å². The topological polar surface area (TPSA) is 95.5 Å². The summed E-state index contributed by atoms with van der Waals surface area (Å²) in [5.41, 5.74) is 2.11. The first-order chi connectivity index (χ1) is 14.0. The molecule has 29 heavy (non-hydrogen) atoms. The minimum Gasteiger partial charge on any atom is -0.480 e. The maximum absolute atomic E-state index is 12.1. The van der Waals surface area contributed by atoms with E-state index in [0.717, 1.165) is 17.5 Å². The number of carbonyl (C=O) groups is 3. The predicted octanol–water partition coefficient (Wildman–Crippen LogP) is 3.24. The highest BCUT2D eigenvalue weighted by Gasteiger charge is 2.20. The Bertz CT molecular complexity index is 793. The summed E-state index contributed by atoms with van der Waals surface area (Å²) in [4.78, 5) is 35.6. The van der Waals surface area contributed by atoms with E-state index in [1.807, 2.05) is 67.6 Å². The van der Waals surface area contributed by atoms with Crippen LogP contribution >= 0.6 is 0 Å². The highest BCUT2D eigenvalue weighted by Crippen LogP contribution is 2.11. The van der Waals surface area contributed by atoms with Crippen molar-refractivity contribution in [2.75, 3.05) is 0 Å². The molecule has 2 amide bonds. The number of carboxylic acids is 1. The van der Waals surface area contributed by atoms with Crippen LogP contribution in [0.4, 0.5) is 0 Å². The van der Waals surface area contributed by atoms with Gasteiger partial charge in [-0.1, -0.05) is 60.7 Å². The van der Waals surface area contributed by atoms with Crippen molar-refractivity contribution in [1.29, 1.82) is 0 Å². The van der Waals surface area contributed by atoms with Gasteiger partial charge in [0.2, 0.25) is 11.8 Å². The molecule has 0 saturated heterocycles. The molecule has 0 heterocycles. The van der Waals surface area contributed by atoms with Crippen molar-refractivity contribution < 1.29 is 19.5 Å². The minimum absolute atomic E-state index is 0.0133. The van der Waals surface area contributed by atoms with Crippen LogP contribution in [-0.2, 0) is 20.8 Å². The lowest BCUT2D eigenvalue weighted by Gasteiger charge is -2.16. The van der Waals surface area contributed by atoms with E-state index in [4.69, 9.17) is 0 Å². The van der Waals surface area contributed by atoms with Gasteiger partial charge in [-0.25, -0.2) is 4.79 Å². The van der Waals surface area contributed by atoms with E-state index in [-0.39, 0.29) is 24.8 Å². The summed E-state index contributed by atoms with van der Waals surface area (Å²) in [7, 11) is 0. The number of rotatable bonds is 11. The molecule has 6 nitrogen and oxygen atoms in total. The van der Waals surface area contributed by atoms with Gasteiger partial charge in [0.15, 0.2) is 0 Å². The first-order valence-corrected chi connectivity index (χ1v) is 9.86. The third kappa shape index (κ3) is 8.17. The molecule has 0 aliphatic rings. The van der Waals surface area contributed by atoms with E-state index < -0.39 is 17.9 Å². The zero-order valence-electron chi connectivity index (χ0n) is 16.6. The molecule has 0 aromatic heterocycles. The summed E-state index contributed by atoms with van der Waals surface area (Å²) >= 11 is 0. The summed E-state index contributed by atoms with van der Waals surface area (Å²) in [5.74, 6) is -1.74. The van der Waals surface area contributed by atoms with Gasteiger partial charge in [-0.2, -0.15) is 0 Å². The highest BCUT2D eigenvalue weighted by atomic mass is 16.4. The number of hydrogen-bond donors (Lipinski definition) is 3. The SMILES string of the molecule is C[C@@H](NC(=O)CCC(=O)N[C@@H](CCCc1ccccc1)C(=O)O)c1ccccc1. The first kappa shape index (κ1) is 22.1. The van der Waals surface area contributed by atoms with Gasteiger partial charge >= 0.3 is 5.97 Å². The van der Waals surface area contributed by atoms with Gasteiger partial charge in [-0.05, 0) is 37.3 Å². The van der Waals surface area contributed by atoms with E-state index in [9.17, 15) is 19.5 Å². The van der Waals surface area contributed by atoms with Crippen molar-refractivity contribution in [3.8, 4) is 0 Å². The molecular weight excluding hydrogens is 368 g/mol. The van der Waals surface area contributed by atoms with Crippen LogP contribution in [0.15, 0.2) is 60.7 Å². The average Bonchev–Trinajstić information content (AvgIpc) is 2.73. The van der Waals surface area contributed by atoms with Gasteiger partial charge in [-0.15, -0.1) is 0 Å². The summed E-state index contributed by atoms with van der Waals surface area (Å²) < 4.78 is 0. The summed E-state index contributed by atoms with van der Waals surface area (Å²) in [6.07, 6.45) is 1.71. The van der Waals surface area contributed by atoms with Gasteiger partial charge in [0, 0.05) is 12.8 Å². The van der Waals surface area contributed by atoms with Crippen LogP contribution in [0.5, 0.6) is 0 Å². The number of hydrogen-bond acceptors (Lipinski definition) is 3. The maximum atomic E-state index is 12.1. The first-order valence-electron chi connectivity index (χ1n) is 9.86. The Kier molecular flexibility index (Phi) is 8.89. The molecule has 0 spiro atoms. The maximum Gasteiger partial charge on any atom is 0.326 e. The third-order valence-corrected chi connectivity index (χ3v) is 4.69. The van der Waals surface area contributed by atoms with Crippen LogP contribution in [0, 0.1) is 0 Å². The largest absolute Gasteiger partial charge is 0.480 e. The Morgan fingerprint density at radius 3 is 2.00 bits per heavy atom. The minimum atomic E-state index is -1.06. The second-order valence-corrected chi connectivity index (χ2v) is 7.04. The quantitative estimate of drug-likeness (QED) is 0.543. The van der Waals surface area contributed by atoms with Crippen molar-refractivity contribution in [2.45, 2.75) is 51.1 Å². The van der Waals surface area contributed by atoms with Crippen LogP contribution in [0.25, 0.3) is 0 Å². The number of nitrogens with one attached hydrogen (secondary N) is 2. The van der Waals surface area contributed by atoms with Crippen LogP contribution in [-0.4, -0.2) is 28.9 Å². The van der Waals surface area contributed by atoms with E-state index in [0.29, 0.717) is 12.8 Å². The average molecular weight is 396 g/mol. The molecule has 0 aliphatic heterocycles. The highest BCUT2D eigenvalue weighted by molar-refractivity contribution is 5.87. The van der Waals surface area contributed by atoms with Gasteiger partial charge < -0.3 is 15.7 Å². The summed E-state index contributed by atoms with van der Waals surface area (Å²) in [6, 6.07) is 18.2. The molecule has 6 heteroatoms. The molecule has 2 atom stereocenters. The van der Waals surface area contributed by atoms with Gasteiger partial charge in [0.05, 0.1) is 6.04 Å². The lowest BCUT2D eigenvalue weighted by atomic mass is 10.0. The van der Waals surface area contributed by atoms with Crippen molar-refractivity contribution in [3.63, 3.8) is 0 Å². The Balaban J connectivity index is 1.72. The fourth-order valence-electron chi connectivity index (χ4n) is 3.04. The smallest absolute Gasteiger partial charge is 0.326 e. The Labute approximate surface area is 171 Å². The van der Waals surface area contributed by atoms with Gasteiger partial charge in [0.1, 0.15) is 6.04 Å². The van der Waals surface area contributed by atoms with E-state index in [1.54, 1.807) is 0 Å². The van der Waals surface area contributed by atoms with Crippen molar-refractivity contribution in [1.82, 2.24) is 10.6 Å². The molecule has 0 saturated carbocycles. The number of amides is 2. The fraction of sp³-hybridized carbons (Fsp3) is 0.348. The normalized spacial score (nSPS) is 12.6. The zero-order valence-corrected chi connectivity index (χ0v) is 16.6. The summed E-state index contributed by atoms with van der Waals surface area (Å²) in [5, 5.41) is 14.7. The molecule has 2 aromatic rings. The lowest BCUT2D eigenvalue weighted by molar-refractivity contribution is -0.142. The second-order valence-electron chi connectivity index (χ2n) is 7.04. The van der Waals surface area contributed by atoms with E-state index in [2.05, 4.69) is 10.6 Å². The molecule has 3 N–H and O–H groups in total. The van der Waals surface area contributed by atoms with Crippen LogP contribution < -0.4 is 10.6 Å². The standard InChI is InChI=1S/C23H28N2O4/c1-17(19-12-6-3-7-13-19)24-21(26)15-16-22(27)25-20(23(28)29)14-8-11-18-9-4-2-5-10-18/h2-7,9-10,12-13,17,20H,8,11,14-16H2,1H3,(H,24,26)(H,25,27)(H,28,29)/t17-,20+/m1/s1. The number of aryl methyl sites for hydroxylation is 1. The summed E-state index contributed by atoms with van der Waals surface area (Å²) in [6.45, 7) is 1.88. The second kappa shape index (κ2) is 11.6. The zero-order chi connectivity index (χ0) is 21.1. The molecule has 2 aromatic carbocycles. The molecule has 0 bridgehead atoms. The van der Waals surface area contributed by atoms with E-state index >= 15 is 0 Å². The van der Waals surface area contributed by atoms with E-state index in [1.165, 1.54) is 0 Å². The monoisotopic (exact) mass is 396 g/mol. The lowest BCUT2D eigenvalue weighted by Crippen LogP contribution is -2.41. The molecular formula is C23H28N2O4. The van der Waals surface area contributed by atoms with Crippen molar-refractivity contribution >= 4 is 17.8 Å². The number of aliphatic carboxylic acids is 1. The number of benzene rings is 2. The number of carbonyl (C=O) groups excluding carboxylic acids is 2. The Morgan fingerprint density at radius 2 is 1.41 bits per heavy atom. The van der Waals surface area contributed by atoms with Crippen LogP contribution in [0.1, 0.15) is 49.8 Å². The molecule has 0 radical (unpaired) electrons. The molecule has 0 unspecified atom stereocenters. The molecule has 154 valence electrons. The Morgan fingerprint density at radius 1 is 0.862 bits per heavy atom. The molecule has 0 fully saturated rings. The van der Waals surface area contributed by atoms with Crippen molar-refractivity contribution in [2.24, 2.45) is 0 Å². The molecule has 0 aliphatic carbocycles. The third-order valence-electron chi connectivity index (χ3n) is 4.69. The van der Waals surface area contributed by atoms with Crippen molar-refractivity contribution in [3.05, 3.63) is 71.8 Å². The molecule has 2 rings (SSSR count).